The van der Waals surface area contributed by atoms with Gasteiger partial charge in [-0.05, 0) is 105 Å². The molecule has 2 heterocycles. The molecule has 0 aliphatic rings. The molecule has 0 amide bonds. The number of hydrogen-bond donors (Lipinski definition) is 0. The molecule has 11 aromatic rings. The molecule has 0 saturated heterocycles. The number of anilines is 3. The van der Waals surface area contributed by atoms with E-state index in [1.807, 2.05) is 12.1 Å². The molecule has 248 valence electrons. The van der Waals surface area contributed by atoms with E-state index in [1.54, 1.807) is 0 Å². The fourth-order valence-electron chi connectivity index (χ4n) is 8.05. The Balaban J connectivity index is 1.02. The van der Waals surface area contributed by atoms with Crippen LogP contribution in [0.15, 0.2) is 197 Å². The Kier molecular flexibility index (Phi) is 6.55. The van der Waals surface area contributed by atoms with Crippen LogP contribution >= 0.6 is 0 Å². The molecule has 0 radical (unpaired) electrons. The summed E-state index contributed by atoms with van der Waals surface area (Å²) in [5, 5.41) is 9.26. The van der Waals surface area contributed by atoms with Crippen molar-refractivity contribution in [1.29, 1.82) is 0 Å². The van der Waals surface area contributed by atoms with Gasteiger partial charge in [0.05, 0.1) is 0 Å². The number of nitrogens with zero attached hydrogens (tertiary/aromatic N) is 1. The zero-order chi connectivity index (χ0) is 34.9. The molecule has 3 nitrogen and oxygen atoms in total. The van der Waals surface area contributed by atoms with Gasteiger partial charge < -0.3 is 13.7 Å². The second-order valence-electron chi connectivity index (χ2n) is 13.7. The van der Waals surface area contributed by atoms with E-state index in [0.29, 0.717) is 0 Å². The van der Waals surface area contributed by atoms with Gasteiger partial charge in [0.25, 0.3) is 0 Å². The summed E-state index contributed by atoms with van der Waals surface area (Å²) in [4.78, 5) is 2.29. The average molecular weight is 678 g/mol. The summed E-state index contributed by atoms with van der Waals surface area (Å²) in [6, 6.07) is 66.7. The van der Waals surface area contributed by atoms with Crippen molar-refractivity contribution in [2.24, 2.45) is 0 Å². The zero-order valence-electron chi connectivity index (χ0n) is 28.7. The first-order chi connectivity index (χ1) is 26.2. The Morgan fingerprint density at radius 1 is 0.302 bits per heavy atom. The van der Waals surface area contributed by atoms with Crippen molar-refractivity contribution >= 4 is 82.5 Å². The second kappa shape index (κ2) is 11.7. The van der Waals surface area contributed by atoms with E-state index in [4.69, 9.17) is 8.83 Å². The van der Waals surface area contributed by atoms with E-state index < -0.39 is 0 Å². The van der Waals surface area contributed by atoms with Crippen molar-refractivity contribution in [1.82, 2.24) is 0 Å². The maximum absolute atomic E-state index is 6.79. The van der Waals surface area contributed by atoms with Gasteiger partial charge in [-0.3, -0.25) is 0 Å². The van der Waals surface area contributed by atoms with Crippen molar-refractivity contribution in [3.05, 3.63) is 188 Å². The van der Waals surface area contributed by atoms with Gasteiger partial charge in [0, 0.05) is 50.1 Å². The van der Waals surface area contributed by atoms with Gasteiger partial charge in [-0.15, -0.1) is 0 Å². The predicted octanol–water partition coefficient (Wildman–Crippen LogP) is 14.6. The smallest absolute Gasteiger partial charge is 0.143 e. The van der Waals surface area contributed by atoms with E-state index in [2.05, 4.69) is 181 Å². The highest BCUT2D eigenvalue weighted by Crippen LogP contribution is 2.43. The summed E-state index contributed by atoms with van der Waals surface area (Å²) in [7, 11) is 0. The summed E-state index contributed by atoms with van der Waals surface area (Å²) in [6.45, 7) is 0. The minimum atomic E-state index is 0.856. The van der Waals surface area contributed by atoms with Crippen LogP contribution in [0.3, 0.4) is 0 Å². The van der Waals surface area contributed by atoms with Crippen LogP contribution in [-0.2, 0) is 0 Å². The molecule has 9 aromatic carbocycles. The standard InChI is InChI=1S/C50H31NO2/c1-2-12-37(13-3-1)51(38-23-20-33(21-24-38)35-22-26-42-41-15-8-9-17-47(41)52-48(42)29-35)39-25-27-43-46-31-45(36-19-18-32-10-4-5-11-34(32)28-36)40-14-6-7-16-44(40)50(46)53-49(43)30-39/h1-31H. The van der Waals surface area contributed by atoms with Gasteiger partial charge in [0.1, 0.15) is 22.3 Å². The molecule has 0 N–H and O–H groups in total. The van der Waals surface area contributed by atoms with Crippen LogP contribution in [0.1, 0.15) is 0 Å². The molecule has 0 fully saturated rings. The molecule has 0 aliphatic carbocycles. The van der Waals surface area contributed by atoms with Crippen LogP contribution in [0.2, 0.25) is 0 Å². The number of hydrogen-bond acceptors (Lipinski definition) is 3. The van der Waals surface area contributed by atoms with Crippen molar-refractivity contribution in [3.63, 3.8) is 0 Å². The lowest BCUT2D eigenvalue weighted by molar-refractivity contribution is 0.669. The topological polar surface area (TPSA) is 29.5 Å². The molecule has 3 heteroatoms. The number of benzene rings is 9. The Labute approximate surface area is 305 Å². The Bertz CT molecular complexity index is 3170. The van der Waals surface area contributed by atoms with E-state index in [-0.39, 0.29) is 0 Å². The average Bonchev–Trinajstić information content (AvgIpc) is 3.79. The second-order valence-corrected chi connectivity index (χ2v) is 13.7. The van der Waals surface area contributed by atoms with Crippen molar-refractivity contribution in [2.75, 3.05) is 4.90 Å². The molecular formula is C50H31NO2. The van der Waals surface area contributed by atoms with Crippen LogP contribution in [0.25, 0.3) is 87.7 Å². The van der Waals surface area contributed by atoms with Crippen LogP contribution < -0.4 is 4.90 Å². The highest BCUT2D eigenvalue weighted by molar-refractivity contribution is 6.19. The molecule has 53 heavy (non-hydrogen) atoms. The molecule has 11 rings (SSSR count). The molecule has 0 atom stereocenters. The summed E-state index contributed by atoms with van der Waals surface area (Å²) in [5.74, 6) is 0. The SMILES string of the molecule is c1ccc(N(c2ccc(-c3ccc4c(c3)oc3ccccc34)cc2)c2ccc3c(c2)oc2c4ccccc4c(-c4ccc5ccccc5c4)cc32)cc1. The van der Waals surface area contributed by atoms with Crippen molar-refractivity contribution in [2.45, 2.75) is 0 Å². The van der Waals surface area contributed by atoms with E-state index >= 15 is 0 Å². The third-order valence-corrected chi connectivity index (χ3v) is 10.6. The van der Waals surface area contributed by atoms with Gasteiger partial charge in [-0.25, -0.2) is 0 Å². The fraction of sp³-hybridized carbons (Fsp3) is 0. The molecule has 0 aliphatic heterocycles. The summed E-state index contributed by atoms with van der Waals surface area (Å²) in [5.41, 5.74) is 11.4. The molecule has 2 aromatic heterocycles. The van der Waals surface area contributed by atoms with Gasteiger partial charge in [-0.2, -0.15) is 0 Å². The Hall–Kier alpha value is -7.10. The maximum atomic E-state index is 6.79. The number of para-hydroxylation sites is 2. The van der Waals surface area contributed by atoms with Gasteiger partial charge >= 0.3 is 0 Å². The first kappa shape index (κ1) is 29.6. The molecule has 0 spiro atoms. The first-order valence-electron chi connectivity index (χ1n) is 18.0. The van der Waals surface area contributed by atoms with Crippen molar-refractivity contribution < 1.29 is 8.83 Å². The fourth-order valence-corrected chi connectivity index (χ4v) is 8.05. The monoisotopic (exact) mass is 677 g/mol. The minimum Gasteiger partial charge on any atom is -0.456 e. The minimum absolute atomic E-state index is 0.856. The van der Waals surface area contributed by atoms with Crippen LogP contribution in [0.5, 0.6) is 0 Å². The summed E-state index contributed by atoms with van der Waals surface area (Å²) in [6.07, 6.45) is 0. The quantitative estimate of drug-likeness (QED) is 0.182. The lowest BCUT2D eigenvalue weighted by atomic mass is 9.94. The first-order valence-corrected chi connectivity index (χ1v) is 18.0. The largest absolute Gasteiger partial charge is 0.456 e. The Morgan fingerprint density at radius 2 is 0.906 bits per heavy atom. The van der Waals surface area contributed by atoms with Crippen LogP contribution in [-0.4, -0.2) is 0 Å². The molecule has 0 saturated carbocycles. The zero-order valence-corrected chi connectivity index (χ0v) is 28.7. The normalized spacial score (nSPS) is 11.8. The highest BCUT2D eigenvalue weighted by atomic mass is 16.3. The van der Waals surface area contributed by atoms with Gasteiger partial charge in [0.2, 0.25) is 0 Å². The summed E-state index contributed by atoms with van der Waals surface area (Å²) < 4.78 is 13.0. The van der Waals surface area contributed by atoms with E-state index in [0.717, 1.165) is 77.5 Å². The van der Waals surface area contributed by atoms with Crippen LogP contribution in [0.4, 0.5) is 17.1 Å². The highest BCUT2D eigenvalue weighted by Gasteiger charge is 2.19. The number of fused-ring (bicyclic) bond motifs is 9. The van der Waals surface area contributed by atoms with E-state index in [1.165, 1.54) is 27.3 Å². The Morgan fingerprint density at radius 3 is 1.77 bits per heavy atom. The third kappa shape index (κ3) is 4.82. The molecular weight excluding hydrogens is 647 g/mol. The lowest BCUT2D eigenvalue weighted by Gasteiger charge is -2.25. The predicted molar refractivity (Wildman–Crippen MR) is 222 cm³/mol. The van der Waals surface area contributed by atoms with Gasteiger partial charge in [0.15, 0.2) is 0 Å². The number of furan rings is 2. The number of rotatable bonds is 5. The summed E-state index contributed by atoms with van der Waals surface area (Å²) >= 11 is 0. The van der Waals surface area contributed by atoms with E-state index in [9.17, 15) is 0 Å². The lowest BCUT2D eigenvalue weighted by Crippen LogP contribution is -2.09. The third-order valence-electron chi connectivity index (χ3n) is 10.6. The van der Waals surface area contributed by atoms with Crippen molar-refractivity contribution in [3.8, 4) is 22.3 Å². The molecule has 0 unspecified atom stereocenters. The molecule has 0 bridgehead atoms. The van der Waals surface area contributed by atoms with Gasteiger partial charge in [-0.1, -0.05) is 115 Å². The maximum Gasteiger partial charge on any atom is 0.143 e. The van der Waals surface area contributed by atoms with Crippen LogP contribution in [0, 0.1) is 0 Å².